The number of benzene rings is 2. The van der Waals surface area contributed by atoms with Gasteiger partial charge in [0.2, 0.25) is 0 Å². The molecule has 1 aliphatic rings. The van der Waals surface area contributed by atoms with Gasteiger partial charge in [-0.15, -0.1) is 0 Å². The lowest BCUT2D eigenvalue weighted by atomic mass is 10.1. The number of hydrogen-bond donors (Lipinski definition) is 0. The van der Waals surface area contributed by atoms with Crippen molar-refractivity contribution in [2.45, 2.75) is 0 Å². The summed E-state index contributed by atoms with van der Waals surface area (Å²) in [5, 5.41) is 9.13. The maximum atomic E-state index is 13.7. The molecule has 122 valence electrons. The van der Waals surface area contributed by atoms with Crippen molar-refractivity contribution in [1.29, 1.82) is 5.26 Å². The quantitative estimate of drug-likeness (QED) is 0.852. The lowest BCUT2D eigenvalue weighted by molar-refractivity contribution is 0.0746. The summed E-state index contributed by atoms with van der Waals surface area (Å²) >= 11 is 0. The molecule has 24 heavy (non-hydrogen) atoms. The molecular weight excluding hydrogens is 312 g/mol. The zero-order valence-electron chi connectivity index (χ0n) is 12.9. The maximum absolute atomic E-state index is 13.7. The zero-order valence-corrected chi connectivity index (χ0v) is 12.9. The van der Waals surface area contributed by atoms with E-state index in [-0.39, 0.29) is 11.5 Å². The van der Waals surface area contributed by atoms with Crippen LogP contribution in [0.15, 0.2) is 42.5 Å². The van der Waals surface area contributed by atoms with E-state index in [4.69, 9.17) is 5.26 Å². The first-order valence-electron chi connectivity index (χ1n) is 7.58. The first-order valence-corrected chi connectivity index (χ1v) is 7.58. The Balaban J connectivity index is 1.72. The molecule has 1 heterocycles. The third kappa shape index (κ3) is 3.06. The first-order chi connectivity index (χ1) is 11.6. The lowest BCUT2D eigenvalue weighted by Gasteiger charge is -2.36. The van der Waals surface area contributed by atoms with Crippen LogP contribution in [0.1, 0.15) is 15.9 Å². The number of nitrogens with zero attached hydrogens (tertiary/aromatic N) is 3. The standard InChI is InChI=1S/C18H15F2N3O/c19-14-4-1-3-13(11-14)18(24)23-9-7-22(8-10-23)17-6-2-5-16(20)15(17)12-21/h1-6,11H,7-10H2. The maximum Gasteiger partial charge on any atom is 0.254 e. The van der Waals surface area contributed by atoms with Crippen LogP contribution in [0.5, 0.6) is 0 Å². The summed E-state index contributed by atoms with van der Waals surface area (Å²) in [7, 11) is 0. The molecule has 6 heteroatoms. The molecule has 1 saturated heterocycles. The molecule has 1 amide bonds. The summed E-state index contributed by atoms with van der Waals surface area (Å²) in [4.78, 5) is 15.9. The Hall–Kier alpha value is -2.94. The van der Waals surface area contributed by atoms with Crippen molar-refractivity contribution in [3.63, 3.8) is 0 Å². The van der Waals surface area contributed by atoms with Crippen LogP contribution < -0.4 is 4.90 Å². The van der Waals surface area contributed by atoms with Gasteiger partial charge in [0, 0.05) is 31.7 Å². The normalized spacial score (nSPS) is 14.4. The van der Waals surface area contributed by atoms with Gasteiger partial charge in [-0.2, -0.15) is 5.26 Å². The molecule has 0 spiro atoms. The van der Waals surface area contributed by atoms with E-state index in [1.165, 1.54) is 24.3 Å². The number of nitriles is 1. The molecule has 0 atom stereocenters. The number of amides is 1. The van der Waals surface area contributed by atoms with Gasteiger partial charge in [0.15, 0.2) is 0 Å². The molecule has 0 saturated carbocycles. The average molecular weight is 327 g/mol. The van der Waals surface area contributed by atoms with E-state index in [0.29, 0.717) is 37.4 Å². The van der Waals surface area contributed by atoms with Crippen LogP contribution in [0.4, 0.5) is 14.5 Å². The third-order valence-corrected chi connectivity index (χ3v) is 4.08. The van der Waals surface area contributed by atoms with Crippen LogP contribution in [0, 0.1) is 23.0 Å². The van der Waals surface area contributed by atoms with E-state index in [2.05, 4.69) is 0 Å². The van der Waals surface area contributed by atoms with Gasteiger partial charge in [0.25, 0.3) is 5.91 Å². The number of rotatable bonds is 2. The van der Waals surface area contributed by atoms with Gasteiger partial charge in [0.05, 0.1) is 5.69 Å². The second-order valence-corrected chi connectivity index (χ2v) is 5.54. The fraction of sp³-hybridized carbons (Fsp3) is 0.222. The van der Waals surface area contributed by atoms with E-state index in [0.717, 1.165) is 0 Å². The van der Waals surface area contributed by atoms with Gasteiger partial charge in [-0.3, -0.25) is 4.79 Å². The topological polar surface area (TPSA) is 47.3 Å². The fourth-order valence-electron chi connectivity index (χ4n) is 2.84. The summed E-state index contributed by atoms with van der Waals surface area (Å²) in [5.74, 6) is -1.22. The van der Waals surface area contributed by atoms with Crippen LogP contribution >= 0.6 is 0 Å². The predicted octanol–water partition coefficient (Wildman–Crippen LogP) is 2.80. The fourth-order valence-corrected chi connectivity index (χ4v) is 2.84. The molecule has 0 aliphatic carbocycles. The Kier molecular flexibility index (Phi) is 4.43. The molecule has 3 rings (SSSR count). The average Bonchev–Trinajstić information content (AvgIpc) is 2.61. The third-order valence-electron chi connectivity index (χ3n) is 4.08. The first kappa shape index (κ1) is 15.9. The van der Waals surface area contributed by atoms with Crippen molar-refractivity contribution in [3.8, 4) is 6.07 Å². The van der Waals surface area contributed by atoms with Gasteiger partial charge in [-0.05, 0) is 30.3 Å². The number of piperazine rings is 1. The Morgan fingerprint density at radius 2 is 1.75 bits per heavy atom. The van der Waals surface area contributed by atoms with Crippen molar-refractivity contribution < 1.29 is 13.6 Å². The van der Waals surface area contributed by atoms with E-state index in [9.17, 15) is 13.6 Å². The number of carbonyl (C=O) groups is 1. The molecular formula is C18H15F2N3O. The summed E-state index contributed by atoms with van der Waals surface area (Å²) < 4.78 is 27.0. The minimum Gasteiger partial charge on any atom is -0.367 e. The van der Waals surface area contributed by atoms with Crippen molar-refractivity contribution in [1.82, 2.24) is 4.90 Å². The molecule has 0 aromatic heterocycles. The van der Waals surface area contributed by atoms with Gasteiger partial charge in [0.1, 0.15) is 23.3 Å². The summed E-state index contributed by atoms with van der Waals surface area (Å²) in [6.45, 7) is 1.83. The number of hydrogen-bond acceptors (Lipinski definition) is 3. The van der Waals surface area contributed by atoms with Crippen LogP contribution in [0.2, 0.25) is 0 Å². The van der Waals surface area contributed by atoms with Crippen LogP contribution in [-0.4, -0.2) is 37.0 Å². The van der Waals surface area contributed by atoms with Crippen LogP contribution in [0.25, 0.3) is 0 Å². The highest BCUT2D eigenvalue weighted by molar-refractivity contribution is 5.94. The highest BCUT2D eigenvalue weighted by Crippen LogP contribution is 2.24. The minimum absolute atomic E-state index is 0.0161. The highest BCUT2D eigenvalue weighted by Gasteiger charge is 2.24. The SMILES string of the molecule is N#Cc1c(F)cccc1N1CCN(C(=O)c2cccc(F)c2)CC1. The lowest BCUT2D eigenvalue weighted by Crippen LogP contribution is -2.49. The van der Waals surface area contributed by atoms with Gasteiger partial charge in [-0.25, -0.2) is 8.78 Å². The van der Waals surface area contributed by atoms with E-state index in [1.807, 2.05) is 11.0 Å². The molecule has 4 nitrogen and oxygen atoms in total. The number of anilines is 1. The zero-order chi connectivity index (χ0) is 17.1. The minimum atomic E-state index is -0.548. The van der Waals surface area contributed by atoms with Crippen molar-refractivity contribution in [3.05, 3.63) is 65.2 Å². The van der Waals surface area contributed by atoms with Crippen molar-refractivity contribution >= 4 is 11.6 Å². The second kappa shape index (κ2) is 6.67. The molecule has 0 bridgehead atoms. The van der Waals surface area contributed by atoms with E-state index in [1.54, 1.807) is 23.1 Å². The predicted molar refractivity (Wildman–Crippen MR) is 85.6 cm³/mol. The van der Waals surface area contributed by atoms with E-state index < -0.39 is 11.6 Å². The molecule has 1 fully saturated rings. The number of halogens is 2. The molecule has 2 aromatic rings. The van der Waals surface area contributed by atoms with Crippen LogP contribution in [-0.2, 0) is 0 Å². The molecule has 0 N–H and O–H groups in total. The largest absolute Gasteiger partial charge is 0.367 e. The van der Waals surface area contributed by atoms with Gasteiger partial charge < -0.3 is 9.80 Å². The Labute approximate surface area is 138 Å². The molecule has 0 unspecified atom stereocenters. The highest BCUT2D eigenvalue weighted by atomic mass is 19.1. The summed E-state index contributed by atoms with van der Waals surface area (Å²) in [5.41, 5.74) is 0.865. The Bertz CT molecular complexity index is 808. The molecule has 0 radical (unpaired) electrons. The summed E-state index contributed by atoms with van der Waals surface area (Å²) in [6.07, 6.45) is 0. The van der Waals surface area contributed by atoms with E-state index >= 15 is 0 Å². The Morgan fingerprint density at radius 3 is 2.42 bits per heavy atom. The number of carbonyl (C=O) groups excluding carboxylic acids is 1. The summed E-state index contributed by atoms with van der Waals surface area (Å²) in [6, 6.07) is 12.0. The molecule has 2 aromatic carbocycles. The second-order valence-electron chi connectivity index (χ2n) is 5.54. The smallest absolute Gasteiger partial charge is 0.254 e. The van der Waals surface area contributed by atoms with Crippen LogP contribution in [0.3, 0.4) is 0 Å². The monoisotopic (exact) mass is 327 g/mol. The van der Waals surface area contributed by atoms with Crippen molar-refractivity contribution in [2.75, 3.05) is 31.1 Å². The van der Waals surface area contributed by atoms with Gasteiger partial charge >= 0.3 is 0 Å². The molecule has 1 aliphatic heterocycles. The van der Waals surface area contributed by atoms with Gasteiger partial charge in [-0.1, -0.05) is 12.1 Å². The van der Waals surface area contributed by atoms with Crippen molar-refractivity contribution in [2.24, 2.45) is 0 Å². The Morgan fingerprint density at radius 1 is 1.04 bits per heavy atom.